The van der Waals surface area contributed by atoms with Crippen LogP contribution in [0.2, 0.25) is 0 Å². The monoisotopic (exact) mass is 447 g/mol. The third kappa shape index (κ3) is 2.75. The van der Waals surface area contributed by atoms with Gasteiger partial charge in [-0.15, -0.1) is 11.3 Å². The molecule has 4 aromatic heterocycles. The molecule has 2 saturated heterocycles. The van der Waals surface area contributed by atoms with Crippen LogP contribution in [0, 0.1) is 11.3 Å². The van der Waals surface area contributed by atoms with Crippen LogP contribution in [0.3, 0.4) is 0 Å². The van der Waals surface area contributed by atoms with E-state index in [0.717, 1.165) is 78.3 Å². The maximum absolute atomic E-state index is 13.1. The van der Waals surface area contributed by atoms with Gasteiger partial charge in [-0.05, 0) is 30.9 Å². The van der Waals surface area contributed by atoms with Crippen molar-refractivity contribution in [1.29, 1.82) is 0 Å². The van der Waals surface area contributed by atoms with Crippen LogP contribution in [0.15, 0.2) is 24.8 Å². The highest BCUT2D eigenvalue weighted by Gasteiger charge is 2.51. The van der Waals surface area contributed by atoms with Gasteiger partial charge >= 0.3 is 0 Å². The van der Waals surface area contributed by atoms with Crippen molar-refractivity contribution in [2.75, 3.05) is 31.6 Å². The lowest BCUT2D eigenvalue weighted by Crippen LogP contribution is -2.68. The number of pyridine rings is 1. The second-order valence-corrected chi connectivity index (χ2v) is 10.3. The number of anilines is 2. The van der Waals surface area contributed by atoms with E-state index in [9.17, 15) is 4.79 Å². The fraction of sp³-hybridized carbons (Fsp3) is 0.409. The van der Waals surface area contributed by atoms with Crippen molar-refractivity contribution in [2.45, 2.75) is 19.3 Å². The molecule has 0 unspecified atom stereocenters. The van der Waals surface area contributed by atoms with Crippen LogP contribution >= 0.6 is 11.3 Å². The summed E-state index contributed by atoms with van der Waals surface area (Å²) in [6.45, 7) is 3.32. The Morgan fingerprint density at radius 3 is 3.00 bits per heavy atom. The van der Waals surface area contributed by atoms with E-state index in [4.69, 9.17) is 4.74 Å². The Hall–Kier alpha value is -3.11. The number of aryl methyl sites for hydroxylation is 1. The number of hydrogen-bond donors (Lipinski definition) is 2. The molecule has 0 radical (unpaired) electrons. The Kier molecular flexibility index (Phi) is 3.86. The molecule has 2 aliphatic heterocycles. The standard InChI is InChI=1S/C22H21N7O2S/c30-21(29-7-22(8-29)9-31-10-22)12-1-2-15-16(4-12)32-20-17(15)19(24-11-25-20)27-14-3-13-5-26-28-18(13)23-6-14/h3,5-6,11-12H,1-2,4,7-10H2,(H,23,26,28)(H,24,25,27)/t12-/m0/s1. The normalized spacial score (nSPS) is 21.4. The van der Waals surface area contributed by atoms with Crippen molar-refractivity contribution >= 4 is 50.0 Å². The van der Waals surface area contributed by atoms with Crippen LogP contribution in [0.1, 0.15) is 16.9 Å². The first kappa shape index (κ1) is 18.5. The SMILES string of the molecule is O=C([C@H]1CCc2c(sc3ncnc(Nc4cnc5[nH]ncc5c4)c23)C1)N1CC2(COC2)C1. The van der Waals surface area contributed by atoms with E-state index in [0.29, 0.717) is 5.91 Å². The van der Waals surface area contributed by atoms with Gasteiger partial charge in [0.15, 0.2) is 5.65 Å². The first-order valence-corrected chi connectivity index (χ1v) is 11.7. The summed E-state index contributed by atoms with van der Waals surface area (Å²) in [6, 6.07) is 2.00. The molecule has 0 saturated carbocycles. The third-order valence-corrected chi connectivity index (χ3v) is 8.09. The molecule has 1 atom stereocenters. The minimum absolute atomic E-state index is 0.0611. The number of amides is 1. The van der Waals surface area contributed by atoms with Crippen LogP contribution in [0.25, 0.3) is 21.3 Å². The van der Waals surface area contributed by atoms with Gasteiger partial charge in [0.05, 0.1) is 42.1 Å². The molecule has 10 heteroatoms. The number of carbonyl (C=O) groups is 1. The van der Waals surface area contributed by atoms with Crippen molar-refractivity contribution in [2.24, 2.45) is 11.3 Å². The first-order valence-electron chi connectivity index (χ1n) is 10.9. The minimum atomic E-state index is 0.0611. The predicted molar refractivity (Wildman–Crippen MR) is 120 cm³/mol. The van der Waals surface area contributed by atoms with E-state index in [1.807, 2.05) is 11.0 Å². The summed E-state index contributed by atoms with van der Waals surface area (Å²) in [5, 5.41) is 12.3. The Morgan fingerprint density at radius 2 is 2.16 bits per heavy atom. The average Bonchev–Trinajstić information content (AvgIpc) is 3.35. The summed E-state index contributed by atoms with van der Waals surface area (Å²) >= 11 is 1.69. The fourth-order valence-corrected chi connectivity index (χ4v) is 6.48. The second-order valence-electron chi connectivity index (χ2n) is 9.19. The smallest absolute Gasteiger partial charge is 0.226 e. The lowest BCUT2D eigenvalue weighted by atomic mass is 9.76. The highest BCUT2D eigenvalue weighted by atomic mass is 32.1. The molecular formula is C22H21N7O2S. The van der Waals surface area contributed by atoms with Crippen LogP contribution in [0.5, 0.6) is 0 Å². The topological polar surface area (TPSA) is 109 Å². The molecule has 2 N–H and O–H groups in total. The molecule has 0 aromatic carbocycles. The zero-order valence-corrected chi connectivity index (χ0v) is 18.1. The molecule has 4 aromatic rings. The largest absolute Gasteiger partial charge is 0.380 e. The van der Waals surface area contributed by atoms with Gasteiger partial charge in [-0.3, -0.25) is 9.89 Å². The summed E-state index contributed by atoms with van der Waals surface area (Å²) in [4.78, 5) is 30.8. The maximum atomic E-state index is 13.1. The molecule has 0 bridgehead atoms. The Bertz CT molecular complexity index is 1370. The number of fused-ring (bicyclic) bond motifs is 4. The summed E-state index contributed by atoms with van der Waals surface area (Å²) in [5.74, 6) is 1.15. The number of aromatic nitrogens is 5. The molecule has 1 amide bonds. The molecular weight excluding hydrogens is 426 g/mol. The van der Waals surface area contributed by atoms with Crippen molar-refractivity contribution in [1.82, 2.24) is 30.0 Å². The van der Waals surface area contributed by atoms with E-state index >= 15 is 0 Å². The number of carbonyl (C=O) groups excluding carboxylic acids is 1. The number of thiophene rings is 1. The van der Waals surface area contributed by atoms with E-state index < -0.39 is 0 Å². The second kappa shape index (κ2) is 6.69. The number of ether oxygens (including phenoxy) is 1. The quantitative estimate of drug-likeness (QED) is 0.497. The molecule has 3 aliphatic rings. The van der Waals surface area contributed by atoms with Gasteiger partial charge in [-0.2, -0.15) is 5.10 Å². The molecule has 162 valence electrons. The fourth-order valence-electron chi connectivity index (χ4n) is 5.21. The molecule has 1 aliphatic carbocycles. The van der Waals surface area contributed by atoms with Crippen LogP contribution in [0.4, 0.5) is 11.5 Å². The van der Waals surface area contributed by atoms with Crippen molar-refractivity contribution in [3.8, 4) is 0 Å². The number of rotatable bonds is 3. The third-order valence-electron chi connectivity index (χ3n) is 6.93. The highest BCUT2D eigenvalue weighted by Crippen LogP contribution is 2.43. The van der Waals surface area contributed by atoms with Crippen molar-refractivity contribution < 1.29 is 9.53 Å². The maximum Gasteiger partial charge on any atom is 0.226 e. The van der Waals surface area contributed by atoms with Crippen LogP contribution in [-0.2, 0) is 22.4 Å². The lowest BCUT2D eigenvalue weighted by Gasteiger charge is -2.55. The Labute approximate surface area is 187 Å². The van der Waals surface area contributed by atoms with Gasteiger partial charge in [0.25, 0.3) is 0 Å². The minimum Gasteiger partial charge on any atom is -0.380 e. The van der Waals surface area contributed by atoms with Crippen LogP contribution < -0.4 is 5.32 Å². The Balaban J connectivity index is 1.16. The number of nitrogens with one attached hydrogen (secondary N) is 2. The van der Waals surface area contributed by atoms with Crippen molar-refractivity contribution in [3.05, 3.63) is 35.2 Å². The zero-order chi connectivity index (χ0) is 21.3. The van der Waals surface area contributed by atoms with Gasteiger partial charge in [0.1, 0.15) is 17.0 Å². The molecule has 9 nitrogen and oxygen atoms in total. The number of likely N-dealkylation sites (tertiary alicyclic amines) is 1. The summed E-state index contributed by atoms with van der Waals surface area (Å²) in [5.41, 5.74) is 3.15. The molecule has 32 heavy (non-hydrogen) atoms. The molecule has 6 heterocycles. The average molecular weight is 448 g/mol. The van der Waals surface area contributed by atoms with Gasteiger partial charge in [0.2, 0.25) is 5.91 Å². The number of H-pyrrole nitrogens is 1. The van der Waals surface area contributed by atoms with Gasteiger partial charge in [-0.1, -0.05) is 0 Å². The van der Waals surface area contributed by atoms with E-state index in [2.05, 4.69) is 30.5 Å². The van der Waals surface area contributed by atoms with Crippen molar-refractivity contribution in [3.63, 3.8) is 0 Å². The van der Waals surface area contributed by atoms with Gasteiger partial charge in [-0.25, -0.2) is 15.0 Å². The van der Waals surface area contributed by atoms with Gasteiger partial charge < -0.3 is 15.0 Å². The van der Waals surface area contributed by atoms with Crippen LogP contribution in [-0.4, -0.2) is 62.3 Å². The number of aromatic amines is 1. The predicted octanol–water partition coefficient (Wildman–Crippen LogP) is 2.67. The molecule has 7 rings (SSSR count). The molecule has 2 fully saturated rings. The number of hydrogen-bond acceptors (Lipinski definition) is 8. The zero-order valence-electron chi connectivity index (χ0n) is 17.3. The Morgan fingerprint density at radius 1 is 1.25 bits per heavy atom. The van der Waals surface area contributed by atoms with E-state index in [1.165, 1.54) is 10.4 Å². The number of nitrogens with zero attached hydrogens (tertiary/aromatic N) is 5. The first-order chi connectivity index (χ1) is 15.7. The molecule has 1 spiro atoms. The van der Waals surface area contributed by atoms with E-state index in [-0.39, 0.29) is 11.3 Å². The summed E-state index contributed by atoms with van der Waals surface area (Å²) in [6.07, 6.45) is 7.65. The van der Waals surface area contributed by atoms with E-state index in [1.54, 1.807) is 30.1 Å². The highest BCUT2D eigenvalue weighted by molar-refractivity contribution is 7.19. The summed E-state index contributed by atoms with van der Waals surface area (Å²) in [7, 11) is 0. The van der Waals surface area contributed by atoms with Gasteiger partial charge in [0, 0.05) is 29.3 Å². The lowest BCUT2D eigenvalue weighted by molar-refractivity contribution is -0.197. The summed E-state index contributed by atoms with van der Waals surface area (Å²) < 4.78 is 5.34.